The minimum absolute atomic E-state index is 0.00242. The molecule has 1 N–H and O–H groups in total. The largest absolute Gasteiger partial charge is 0.439 e. The summed E-state index contributed by atoms with van der Waals surface area (Å²) in [6.07, 6.45) is 1.75. The quantitative estimate of drug-likeness (QED) is 0.550. The third-order valence-electron chi connectivity index (χ3n) is 3.56. The molecule has 0 radical (unpaired) electrons. The number of hydrogen-bond acceptors (Lipinski definition) is 5. The Kier molecular flexibility index (Phi) is 4.84. The van der Waals surface area contributed by atoms with E-state index in [1.807, 2.05) is 30.3 Å². The smallest absolute Gasteiger partial charge is 0.269 e. The van der Waals surface area contributed by atoms with Gasteiger partial charge in [0, 0.05) is 17.7 Å². The molecule has 2 aromatic carbocycles. The zero-order chi connectivity index (χ0) is 17.6. The zero-order valence-electron chi connectivity index (χ0n) is 13.2. The molecule has 1 aromatic heterocycles. The van der Waals surface area contributed by atoms with Crippen molar-refractivity contribution in [2.24, 2.45) is 0 Å². The van der Waals surface area contributed by atoms with E-state index in [1.54, 1.807) is 18.3 Å². The molecule has 0 atom stereocenters. The minimum Gasteiger partial charge on any atom is -0.439 e. The van der Waals surface area contributed by atoms with Crippen molar-refractivity contribution in [3.8, 4) is 11.3 Å². The van der Waals surface area contributed by atoms with Crippen molar-refractivity contribution in [3.05, 3.63) is 82.4 Å². The summed E-state index contributed by atoms with van der Waals surface area (Å²) < 4.78 is 5.61. The first kappa shape index (κ1) is 16.4. The molecule has 7 nitrogen and oxygen atoms in total. The van der Waals surface area contributed by atoms with E-state index in [2.05, 4.69) is 10.3 Å². The molecule has 126 valence electrons. The van der Waals surface area contributed by atoms with Gasteiger partial charge in [-0.25, -0.2) is 4.98 Å². The maximum absolute atomic E-state index is 12.0. The Hall–Kier alpha value is -3.48. The van der Waals surface area contributed by atoms with Crippen LogP contribution in [0.5, 0.6) is 0 Å². The van der Waals surface area contributed by atoms with Crippen molar-refractivity contribution in [2.75, 3.05) is 0 Å². The number of nitro benzene ring substituents is 1. The molecular formula is C18H15N3O4. The standard InChI is InChI=1S/C18H15N3O4/c22-17(10-13-6-8-15(9-7-13)21(23)24)19-12-18-20-11-16(25-18)14-4-2-1-3-5-14/h1-9,11H,10,12H2,(H,19,22). The number of hydrogen-bond donors (Lipinski definition) is 1. The van der Waals surface area contributed by atoms with E-state index in [0.29, 0.717) is 17.2 Å². The van der Waals surface area contributed by atoms with Gasteiger partial charge in [0.2, 0.25) is 11.8 Å². The van der Waals surface area contributed by atoms with Gasteiger partial charge in [0.05, 0.1) is 24.1 Å². The molecule has 3 aromatic rings. The van der Waals surface area contributed by atoms with Crippen LogP contribution in [0.3, 0.4) is 0 Å². The summed E-state index contributed by atoms with van der Waals surface area (Å²) in [5.74, 6) is 0.837. The van der Waals surface area contributed by atoms with Crippen LogP contribution in [0.2, 0.25) is 0 Å². The lowest BCUT2D eigenvalue weighted by Crippen LogP contribution is -2.24. The van der Waals surface area contributed by atoms with Gasteiger partial charge in [0.1, 0.15) is 0 Å². The number of oxazole rings is 1. The van der Waals surface area contributed by atoms with Crippen LogP contribution in [0.1, 0.15) is 11.5 Å². The van der Waals surface area contributed by atoms with Crippen LogP contribution in [0.15, 0.2) is 65.2 Å². The van der Waals surface area contributed by atoms with Gasteiger partial charge in [-0.2, -0.15) is 0 Å². The number of nitrogens with one attached hydrogen (secondary N) is 1. The van der Waals surface area contributed by atoms with Gasteiger partial charge in [-0.05, 0) is 5.56 Å². The predicted molar refractivity (Wildman–Crippen MR) is 90.6 cm³/mol. The zero-order valence-corrected chi connectivity index (χ0v) is 13.2. The maximum atomic E-state index is 12.0. The first-order valence-corrected chi connectivity index (χ1v) is 7.62. The Morgan fingerprint density at radius 3 is 2.52 bits per heavy atom. The van der Waals surface area contributed by atoms with E-state index in [0.717, 1.165) is 5.56 Å². The summed E-state index contributed by atoms with van der Waals surface area (Å²) in [5, 5.41) is 13.3. The molecule has 25 heavy (non-hydrogen) atoms. The van der Waals surface area contributed by atoms with E-state index < -0.39 is 4.92 Å². The van der Waals surface area contributed by atoms with Crippen LogP contribution < -0.4 is 5.32 Å². The molecule has 7 heteroatoms. The number of amides is 1. The van der Waals surface area contributed by atoms with Crippen molar-refractivity contribution < 1.29 is 14.1 Å². The van der Waals surface area contributed by atoms with E-state index >= 15 is 0 Å². The molecule has 1 heterocycles. The lowest BCUT2D eigenvalue weighted by atomic mass is 10.1. The molecule has 0 spiro atoms. The number of carbonyl (C=O) groups is 1. The molecular weight excluding hydrogens is 322 g/mol. The van der Waals surface area contributed by atoms with E-state index in [4.69, 9.17) is 4.42 Å². The fourth-order valence-electron chi connectivity index (χ4n) is 2.29. The van der Waals surface area contributed by atoms with E-state index in [9.17, 15) is 14.9 Å². The van der Waals surface area contributed by atoms with Crippen molar-refractivity contribution >= 4 is 11.6 Å². The third-order valence-corrected chi connectivity index (χ3v) is 3.56. The van der Waals surface area contributed by atoms with E-state index in [-0.39, 0.29) is 24.6 Å². The highest BCUT2D eigenvalue weighted by Gasteiger charge is 2.10. The monoisotopic (exact) mass is 337 g/mol. The van der Waals surface area contributed by atoms with Crippen LogP contribution in [0.25, 0.3) is 11.3 Å². The Labute approximate surface area is 143 Å². The summed E-state index contributed by atoms with van der Waals surface area (Å²) in [7, 11) is 0. The fraction of sp³-hybridized carbons (Fsp3) is 0.111. The number of nitro groups is 1. The number of rotatable bonds is 6. The Morgan fingerprint density at radius 1 is 1.12 bits per heavy atom. The molecule has 0 aliphatic carbocycles. The third kappa shape index (κ3) is 4.29. The number of nitrogens with zero attached hydrogens (tertiary/aromatic N) is 2. The van der Waals surface area contributed by atoms with E-state index in [1.165, 1.54) is 12.1 Å². The molecule has 0 bridgehead atoms. The van der Waals surface area contributed by atoms with Crippen LogP contribution in [-0.4, -0.2) is 15.8 Å². The highest BCUT2D eigenvalue weighted by molar-refractivity contribution is 5.78. The molecule has 0 saturated heterocycles. The molecule has 1 amide bonds. The van der Waals surface area contributed by atoms with Crippen LogP contribution in [0.4, 0.5) is 5.69 Å². The minimum atomic E-state index is -0.475. The second-order valence-corrected chi connectivity index (χ2v) is 5.36. The second-order valence-electron chi connectivity index (χ2n) is 5.36. The summed E-state index contributed by atoms with van der Waals surface area (Å²) in [4.78, 5) is 26.2. The van der Waals surface area contributed by atoms with Crippen molar-refractivity contribution in [2.45, 2.75) is 13.0 Å². The van der Waals surface area contributed by atoms with Crippen molar-refractivity contribution in [1.82, 2.24) is 10.3 Å². The second kappa shape index (κ2) is 7.39. The Bertz CT molecular complexity index is 873. The average molecular weight is 337 g/mol. The lowest BCUT2D eigenvalue weighted by molar-refractivity contribution is -0.384. The van der Waals surface area contributed by atoms with Gasteiger partial charge < -0.3 is 9.73 Å². The topological polar surface area (TPSA) is 98.3 Å². The van der Waals surface area contributed by atoms with Gasteiger partial charge in [0.15, 0.2) is 5.76 Å². The molecule has 0 saturated carbocycles. The van der Waals surface area contributed by atoms with Crippen LogP contribution in [0, 0.1) is 10.1 Å². The average Bonchev–Trinajstić information content (AvgIpc) is 3.10. The van der Waals surface area contributed by atoms with Gasteiger partial charge in [-0.1, -0.05) is 42.5 Å². The van der Waals surface area contributed by atoms with Gasteiger partial charge >= 0.3 is 0 Å². The van der Waals surface area contributed by atoms with Crippen molar-refractivity contribution in [1.29, 1.82) is 0 Å². The predicted octanol–water partition coefficient (Wildman–Crippen LogP) is 3.11. The summed E-state index contributed by atoms with van der Waals surface area (Å²) >= 11 is 0. The molecule has 0 aliphatic heterocycles. The summed E-state index contributed by atoms with van der Waals surface area (Å²) in [5.41, 5.74) is 1.61. The normalized spacial score (nSPS) is 10.4. The fourth-order valence-corrected chi connectivity index (χ4v) is 2.29. The molecule has 0 aliphatic rings. The SMILES string of the molecule is O=C(Cc1ccc([N+](=O)[O-])cc1)NCc1ncc(-c2ccccc2)o1. The number of carbonyl (C=O) groups excluding carboxylic acids is 1. The molecule has 3 rings (SSSR count). The molecule has 0 fully saturated rings. The van der Waals surface area contributed by atoms with Gasteiger partial charge in [-0.3, -0.25) is 14.9 Å². The number of benzene rings is 2. The highest BCUT2D eigenvalue weighted by Crippen LogP contribution is 2.19. The van der Waals surface area contributed by atoms with Crippen LogP contribution in [-0.2, 0) is 17.8 Å². The Balaban J connectivity index is 1.54. The number of non-ortho nitro benzene ring substituents is 1. The number of aromatic nitrogens is 1. The Morgan fingerprint density at radius 2 is 1.84 bits per heavy atom. The summed E-state index contributed by atoms with van der Waals surface area (Å²) in [6, 6.07) is 15.4. The highest BCUT2D eigenvalue weighted by atomic mass is 16.6. The van der Waals surface area contributed by atoms with Crippen LogP contribution >= 0.6 is 0 Å². The first-order chi connectivity index (χ1) is 12.1. The van der Waals surface area contributed by atoms with Gasteiger partial charge in [-0.15, -0.1) is 0 Å². The lowest BCUT2D eigenvalue weighted by Gasteiger charge is -2.03. The maximum Gasteiger partial charge on any atom is 0.269 e. The first-order valence-electron chi connectivity index (χ1n) is 7.62. The van der Waals surface area contributed by atoms with Crippen molar-refractivity contribution in [3.63, 3.8) is 0 Å². The summed E-state index contributed by atoms with van der Waals surface area (Å²) in [6.45, 7) is 0.179. The van der Waals surface area contributed by atoms with Gasteiger partial charge in [0.25, 0.3) is 5.69 Å². The molecule has 0 unspecified atom stereocenters.